The highest BCUT2D eigenvalue weighted by atomic mass is 79.9. The largest absolute Gasteiger partial charge is 0.389 e. The minimum atomic E-state index is 0.434. The zero-order valence-corrected chi connectivity index (χ0v) is 12.9. The Balaban J connectivity index is 3.00. The fourth-order valence-corrected chi connectivity index (χ4v) is 2.51. The van der Waals surface area contributed by atoms with Crippen LogP contribution < -0.4 is 10.6 Å². The van der Waals surface area contributed by atoms with E-state index in [2.05, 4.69) is 47.7 Å². The maximum atomic E-state index is 5.62. The minimum absolute atomic E-state index is 0.434. The summed E-state index contributed by atoms with van der Waals surface area (Å²) in [7, 11) is 0. The molecule has 1 rings (SSSR count). The minimum Gasteiger partial charge on any atom is -0.389 e. The molecule has 1 aromatic carbocycles. The molecule has 0 aliphatic heterocycles. The fraction of sp³-hybridized carbons (Fsp3) is 0.462. The maximum Gasteiger partial charge on any atom is 0.104 e. The van der Waals surface area contributed by atoms with Crippen LogP contribution in [0.15, 0.2) is 22.7 Å². The van der Waals surface area contributed by atoms with E-state index < -0.39 is 0 Å². The number of hydrogen-bond donors (Lipinski definition) is 1. The zero-order valence-electron chi connectivity index (χ0n) is 10.5. The van der Waals surface area contributed by atoms with E-state index in [4.69, 9.17) is 18.0 Å². The highest BCUT2D eigenvalue weighted by Gasteiger charge is 2.11. The van der Waals surface area contributed by atoms with Gasteiger partial charge in [0.25, 0.3) is 0 Å². The number of rotatable bonds is 5. The van der Waals surface area contributed by atoms with Crippen LogP contribution in [0, 0.1) is 5.92 Å². The predicted octanol–water partition coefficient (Wildman–Crippen LogP) is 3.57. The van der Waals surface area contributed by atoms with Gasteiger partial charge in [-0.05, 0) is 47.0 Å². The summed E-state index contributed by atoms with van der Waals surface area (Å²) in [6, 6.07) is 6.04. The van der Waals surface area contributed by atoms with Crippen molar-refractivity contribution in [3.05, 3.63) is 28.2 Å². The molecule has 1 aromatic rings. The standard InChI is InChI=1S/C13H19BrN2S/c1-4-16(8-9(2)3)12-6-5-10(13(15)17)7-11(12)14/h5-7,9H,4,8H2,1-3H3,(H2,15,17). The van der Waals surface area contributed by atoms with E-state index >= 15 is 0 Å². The van der Waals surface area contributed by atoms with Gasteiger partial charge in [-0.3, -0.25) is 0 Å². The first kappa shape index (κ1) is 14.5. The summed E-state index contributed by atoms with van der Waals surface area (Å²) >= 11 is 8.56. The molecule has 0 bridgehead atoms. The summed E-state index contributed by atoms with van der Waals surface area (Å²) in [6.45, 7) is 8.64. The van der Waals surface area contributed by atoms with Gasteiger partial charge < -0.3 is 10.6 Å². The van der Waals surface area contributed by atoms with Crippen LogP contribution >= 0.6 is 28.1 Å². The van der Waals surface area contributed by atoms with Crippen LogP contribution in [-0.4, -0.2) is 18.1 Å². The fourth-order valence-electron chi connectivity index (χ4n) is 1.76. The van der Waals surface area contributed by atoms with Crippen molar-refractivity contribution in [1.82, 2.24) is 0 Å². The van der Waals surface area contributed by atoms with Gasteiger partial charge in [-0.1, -0.05) is 26.1 Å². The lowest BCUT2D eigenvalue weighted by atomic mass is 10.1. The molecular formula is C13H19BrN2S. The molecule has 0 atom stereocenters. The van der Waals surface area contributed by atoms with E-state index in [1.165, 1.54) is 5.69 Å². The molecule has 4 heteroatoms. The molecule has 0 spiro atoms. The molecule has 0 aliphatic rings. The van der Waals surface area contributed by atoms with Gasteiger partial charge in [-0.25, -0.2) is 0 Å². The third-order valence-corrected chi connectivity index (χ3v) is 3.41. The molecule has 0 aliphatic carbocycles. The van der Waals surface area contributed by atoms with Gasteiger partial charge in [0.05, 0.1) is 5.69 Å². The molecule has 0 fully saturated rings. The van der Waals surface area contributed by atoms with Crippen molar-refractivity contribution in [2.75, 3.05) is 18.0 Å². The van der Waals surface area contributed by atoms with E-state index in [1.807, 2.05) is 12.1 Å². The Morgan fingerprint density at radius 3 is 2.53 bits per heavy atom. The van der Waals surface area contributed by atoms with Gasteiger partial charge >= 0.3 is 0 Å². The molecule has 0 radical (unpaired) electrons. The Morgan fingerprint density at radius 1 is 1.47 bits per heavy atom. The van der Waals surface area contributed by atoms with Crippen LogP contribution in [0.2, 0.25) is 0 Å². The molecule has 0 heterocycles. The summed E-state index contributed by atoms with van der Waals surface area (Å²) in [6.07, 6.45) is 0. The Morgan fingerprint density at radius 2 is 2.12 bits per heavy atom. The zero-order chi connectivity index (χ0) is 13.0. The Kier molecular flexibility index (Phi) is 5.40. The molecular weight excluding hydrogens is 296 g/mol. The van der Waals surface area contributed by atoms with Gasteiger partial charge in [-0.15, -0.1) is 0 Å². The van der Waals surface area contributed by atoms with E-state index in [-0.39, 0.29) is 0 Å². The molecule has 0 aromatic heterocycles. The number of halogens is 1. The van der Waals surface area contributed by atoms with Gasteiger partial charge in [0.1, 0.15) is 4.99 Å². The normalized spacial score (nSPS) is 10.6. The average Bonchev–Trinajstić information content (AvgIpc) is 2.25. The van der Waals surface area contributed by atoms with E-state index in [9.17, 15) is 0 Å². The molecule has 0 amide bonds. The summed E-state index contributed by atoms with van der Waals surface area (Å²) in [5.41, 5.74) is 7.71. The van der Waals surface area contributed by atoms with E-state index in [1.54, 1.807) is 0 Å². The quantitative estimate of drug-likeness (QED) is 0.842. The number of nitrogens with two attached hydrogens (primary N) is 1. The molecule has 17 heavy (non-hydrogen) atoms. The van der Waals surface area contributed by atoms with Crippen LogP contribution in [0.3, 0.4) is 0 Å². The Bertz CT molecular complexity index is 404. The van der Waals surface area contributed by atoms with Crippen molar-refractivity contribution >= 4 is 38.8 Å². The first-order valence-electron chi connectivity index (χ1n) is 5.80. The van der Waals surface area contributed by atoms with Crippen molar-refractivity contribution in [1.29, 1.82) is 0 Å². The highest BCUT2D eigenvalue weighted by molar-refractivity contribution is 9.10. The second kappa shape index (κ2) is 6.36. The van der Waals surface area contributed by atoms with Gasteiger partial charge in [0, 0.05) is 23.1 Å². The topological polar surface area (TPSA) is 29.3 Å². The van der Waals surface area contributed by atoms with E-state index in [0.29, 0.717) is 10.9 Å². The first-order valence-corrected chi connectivity index (χ1v) is 7.00. The van der Waals surface area contributed by atoms with Crippen molar-refractivity contribution in [2.24, 2.45) is 11.7 Å². The summed E-state index contributed by atoms with van der Waals surface area (Å²) in [5, 5.41) is 0. The van der Waals surface area contributed by atoms with Gasteiger partial charge in [0.2, 0.25) is 0 Å². The maximum absolute atomic E-state index is 5.62. The Hall–Kier alpha value is -0.610. The smallest absolute Gasteiger partial charge is 0.104 e. The number of anilines is 1. The summed E-state index contributed by atoms with van der Waals surface area (Å²) in [4.78, 5) is 2.78. The highest BCUT2D eigenvalue weighted by Crippen LogP contribution is 2.28. The number of hydrogen-bond acceptors (Lipinski definition) is 2. The van der Waals surface area contributed by atoms with Crippen LogP contribution in [0.25, 0.3) is 0 Å². The SMILES string of the molecule is CCN(CC(C)C)c1ccc(C(N)=S)cc1Br. The third kappa shape index (κ3) is 3.96. The summed E-state index contributed by atoms with van der Waals surface area (Å²) < 4.78 is 1.05. The van der Waals surface area contributed by atoms with Gasteiger partial charge in [0.15, 0.2) is 0 Å². The monoisotopic (exact) mass is 314 g/mol. The third-order valence-electron chi connectivity index (χ3n) is 2.54. The molecule has 0 unspecified atom stereocenters. The van der Waals surface area contributed by atoms with Crippen molar-refractivity contribution in [3.63, 3.8) is 0 Å². The number of thiocarbonyl (C=S) groups is 1. The number of nitrogens with zero attached hydrogens (tertiary/aromatic N) is 1. The van der Waals surface area contributed by atoms with E-state index in [0.717, 1.165) is 23.1 Å². The second-order valence-corrected chi connectivity index (χ2v) is 5.76. The molecule has 0 saturated heterocycles. The van der Waals surface area contributed by atoms with Crippen LogP contribution in [0.5, 0.6) is 0 Å². The van der Waals surface area contributed by atoms with Crippen LogP contribution in [0.1, 0.15) is 26.3 Å². The van der Waals surface area contributed by atoms with Crippen molar-refractivity contribution in [2.45, 2.75) is 20.8 Å². The van der Waals surface area contributed by atoms with Crippen LogP contribution in [0.4, 0.5) is 5.69 Å². The van der Waals surface area contributed by atoms with Gasteiger partial charge in [-0.2, -0.15) is 0 Å². The van der Waals surface area contributed by atoms with Crippen molar-refractivity contribution in [3.8, 4) is 0 Å². The summed E-state index contributed by atoms with van der Waals surface area (Å²) in [5.74, 6) is 0.636. The van der Waals surface area contributed by atoms with Crippen molar-refractivity contribution < 1.29 is 0 Å². The second-order valence-electron chi connectivity index (χ2n) is 4.46. The molecule has 94 valence electrons. The average molecular weight is 315 g/mol. The number of benzene rings is 1. The Labute approximate surface area is 117 Å². The predicted molar refractivity (Wildman–Crippen MR) is 82.8 cm³/mol. The lowest BCUT2D eigenvalue weighted by Gasteiger charge is -2.26. The molecule has 0 saturated carbocycles. The lowest BCUT2D eigenvalue weighted by Crippen LogP contribution is -2.27. The molecule has 2 nitrogen and oxygen atoms in total. The molecule has 2 N–H and O–H groups in total. The first-order chi connectivity index (χ1) is 7.95. The lowest BCUT2D eigenvalue weighted by molar-refractivity contribution is 0.618. The van der Waals surface area contributed by atoms with Crippen LogP contribution in [-0.2, 0) is 0 Å².